The molecule has 0 radical (unpaired) electrons. The summed E-state index contributed by atoms with van der Waals surface area (Å²) < 4.78 is 27.1. The van der Waals surface area contributed by atoms with Gasteiger partial charge in [-0.25, -0.2) is 13.1 Å². The van der Waals surface area contributed by atoms with Gasteiger partial charge in [0, 0.05) is 25.2 Å². The zero-order valence-corrected chi connectivity index (χ0v) is 12.3. The van der Waals surface area contributed by atoms with Gasteiger partial charge in [0.15, 0.2) is 0 Å². The zero-order chi connectivity index (χ0) is 13.3. The van der Waals surface area contributed by atoms with Crippen LogP contribution < -0.4 is 10.5 Å². The minimum Gasteiger partial charge on any atom is -0.392 e. The molecule has 0 bridgehead atoms. The predicted molar refractivity (Wildman–Crippen MR) is 75.9 cm³/mol. The first-order chi connectivity index (χ1) is 8.44. The van der Waals surface area contributed by atoms with Crippen molar-refractivity contribution in [2.24, 2.45) is 5.73 Å². The molecule has 1 aliphatic heterocycles. The van der Waals surface area contributed by atoms with Crippen molar-refractivity contribution in [3.8, 4) is 0 Å². The van der Waals surface area contributed by atoms with E-state index < -0.39 is 15.3 Å². The van der Waals surface area contributed by atoms with Crippen molar-refractivity contribution in [3.63, 3.8) is 0 Å². The first-order valence-electron chi connectivity index (χ1n) is 6.48. The van der Waals surface area contributed by atoms with E-state index in [9.17, 15) is 8.42 Å². The van der Waals surface area contributed by atoms with Gasteiger partial charge < -0.3 is 5.73 Å². The highest BCUT2D eigenvalue weighted by atomic mass is 32.2. The van der Waals surface area contributed by atoms with Crippen LogP contribution in [0.15, 0.2) is 0 Å². The third kappa shape index (κ3) is 3.20. The Bertz CT molecular complexity index is 420. The van der Waals surface area contributed by atoms with Gasteiger partial charge in [0.25, 0.3) is 0 Å². The SMILES string of the molecule is CCC(C(N)=S)S(=O)(=O)NC1CCN(C2CC2)C1. The molecule has 1 saturated heterocycles. The molecule has 2 rings (SSSR count). The van der Waals surface area contributed by atoms with Crippen LogP contribution in [-0.2, 0) is 10.0 Å². The van der Waals surface area contributed by atoms with Gasteiger partial charge in [-0.15, -0.1) is 0 Å². The van der Waals surface area contributed by atoms with Gasteiger partial charge in [0.1, 0.15) is 5.25 Å². The first-order valence-corrected chi connectivity index (χ1v) is 8.44. The van der Waals surface area contributed by atoms with Crippen molar-refractivity contribution in [1.29, 1.82) is 0 Å². The molecule has 0 amide bonds. The largest absolute Gasteiger partial charge is 0.392 e. The lowest BCUT2D eigenvalue weighted by molar-refractivity contribution is 0.322. The molecule has 18 heavy (non-hydrogen) atoms. The molecule has 0 aromatic heterocycles. The molecule has 104 valence electrons. The van der Waals surface area contributed by atoms with Gasteiger partial charge >= 0.3 is 0 Å². The van der Waals surface area contributed by atoms with Crippen LogP contribution in [-0.4, -0.2) is 48.7 Å². The smallest absolute Gasteiger partial charge is 0.221 e. The van der Waals surface area contributed by atoms with Crippen LogP contribution >= 0.6 is 12.2 Å². The second-order valence-electron chi connectivity index (χ2n) is 5.17. The Labute approximate surface area is 114 Å². The lowest BCUT2D eigenvalue weighted by atomic mass is 10.3. The molecule has 1 heterocycles. The van der Waals surface area contributed by atoms with Gasteiger partial charge in [-0.05, 0) is 25.7 Å². The van der Waals surface area contributed by atoms with E-state index in [0.29, 0.717) is 12.5 Å². The number of nitrogens with zero attached hydrogens (tertiary/aromatic N) is 1. The Hall–Kier alpha value is -0.240. The minimum atomic E-state index is -3.43. The van der Waals surface area contributed by atoms with Crippen molar-refractivity contribution in [2.75, 3.05) is 13.1 Å². The Morgan fingerprint density at radius 3 is 2.67 bits per heavy atom. The highest BCUT2D eigenvalue weighted by Crippen LogP contribution is 2.30. The van der Waals surface area contributed by atoms with E-state index in [1.54, 1.807) is 6.92 Å². The van der Waals surface area contributed by atoms with Crippen molar-refractivity contribution < 1.29 is 8.42 Å². The molecule has 0 spiro atoms. The third-order valence-corrected chi connectivity index (χ3v) is 6.11. The fourth-order valence-electron chi connectivity index (χ4n) is 2.54. The van der Waals surface area contributed by atoms with Crippen molar-refractivity contribution in [1.82, 2.24) is 9.62 Å². The Morgan fingerprint density at radius 2 is 2.17 bits per heavy atom. The molecule has 1 aliphatic carbocycles. The topological polar surface area (TPSA) is 75.4 Å². The molecule has 2 atom stereocenters. The number of thiocarbonyl (C=S) groups is 1. The molecule has 7 heteroatoms. The molecule has 2 aliphatic rings. The van der Waals surface area contributed by atoms with E-state index in [2.05, 4.69) is 9.62 Å². The monoisotopic (exact) mass is 291 g/mol. The number of rotatable bonds is 6. The second-order valence-corrected chi connectivity index (χ2v) is 7.54. The van der Waals surface area contributed by atoms with E-state index in [-0.39, 0.29) is 11.0 Å². The molecular weight excluding hydrogens is 270 g/mol. The molecule has 2 fully saturated rings. The van der Waals surface area contributed by atoms with Crippen molar-refractivity contribution in [2.45, 2.75) is 49.9 Å². The average Bonchev–Trinajstić information content (AvgIpc) is 3.00. The normalized spacial score (nSPS) is 27.3. The lowest BCUT2D eigenvalue weighted by Gasteiger charge is -2.19. The summed E-state index contributed by atoms with van der Waals surface area (Å²) in [7, 11) is -3.43. The number of hydrogen-bond acceptors (Lipinski definition) is 4. The van der Waals surface area contributed by atoms with Crippen molar-refractivity contribution >= 4 is 27.2 Å². The number of sulfonamides is 1. The van der Waals surface area contributed by atoms with Crippen LogP contribution in [0.1, 0.15) is 32.6 Å². The van der Waals surface area contributed by atoms with Crippen LogP contribution in [0.25, 0.3) is 0 Å². The van der Waals surface area contributed by atoms with Gasteiger partial charge in [-0.2, -0.15) is 0 Å². The molecule has 0 aromatic carbocycles. The number of hydrogen-bond donors (Lipinski definition) is 2. The van der Waals surface area contributed by atoms with Gasteiger partial charge in [0.2, 0.25) is 10.0 Å². The van der Waals surface area contributed by atoms with Crippen LogP contribution in [0, 0.1) is 0 Å². The van der Waals surface area contributed by atoms with Crippen LogP contribution in [0.3, 0.4) is 0 Å². The predicted octanol–water partition coefficient (Wildman–Crippen LogP) is 0.207. The highest BCUT2D eigenvalue weighted by Gasteiger charge is 2.37. The van der Waals surface area contributed by atoms with Crippen LogP contribution in [0.4, 0.5) is 0 Å². The Balaban J connectivity index is 1.93. The van der Waals surface area contributed by atoms with Crippen LogP contribution in [0.5, 0.6) is 0 Å². The summed E-state index contributed by atoms with van der Waals surface area (Å²) in [4.78, 5) is 2.43. The molecular formula is C11H21N3O2S2. The van der Waals surface area contributed by atoms with E-state index >= 15 is 0 Å². The Morgan fingerprint density at radius 1 is 1.50 bits per heavy atom. The minimum absolute atomic E-state index is 0.0130. The Kier molecular flexibility index (Phi) is 4.25. The maximum atomic E-state index is 12.2. The van der Waals surface area contributed by atoms with Gasteiger partial charge in [-0.3, -0.25) is 4.90 Å². The molecule has 2 unspecified atom stereocenters. The van der Waals surface area contributed by atoms with E-state index in [0.717, 1.165) is 19.5 Å². The van der Waals surface area contributed by atoms with Gasteiger partial charge in [-0.1, -0.05) is 19.1 Å². The number of likely N-dealkylation sites (tertiary alicyclic amines) is 1. The molecule has 0 aromatic rings. The lowest BCUT2D eigenvalue weighted by Crippen LogP contribution is -2.46. The summed E-state index contributed by atoms with van der Waals surface area (Å²) in [6.07, 6.45) is 3.81. The first kappa shape index (κ1) is 14.2. The standard InChI is InChI=1S/C11H21N3O2S2/c1-2-10(11(12)17)18(15,16)13-8-5-6-14(7-8)9-3-4-9/h8-10,13H,2-7H2,1H3,(H2,12,17). The molecule has 5 nitrogen and oxygen atoms in total. The second kappa shape index (κ2) is 5.40. The number of nitrogens with one attached hydrogen (secondary N) is 1. The molecule has 3 N–H and O–H groups in total. The highest BCUT2D eigenvalue weighted by molar-refractivity contribution is 7.93. The summed E-state index contributed by atoms with van der Waals surface area (Å²) in [5, 5.41) is -0.748. The maximum Gasteiger partial charge on any atom is 0.221 e. The van der Waals surface area contributed by atoms with E-state index in [1.807, 2.05) is 0 Å². The van der Waals surface area contributed by atoms with E-state index in [4.69, 9.17) is 18.0 Å². The molecule has 1 saturated carbocycles. The summed E-state index contributed by atoms with van der Waals surface area (Å²) in [5.74, 6) is 0. The van der Waals surface area contributed by atoms with Gasteiger partial charge in [0.05, 0.1) is 4.99 Å². The summed E-state index contributed by atoms with van der Waals surface area (Å²) in [6.45, 7) is 3.59. The number of nitrogens with two attached hydrogens (primary N) is 1. The fourth-order valence-corrected chi connectivity index (χ4v) is 4.66. The zero-order valence-electron chi connectivity index (χ0n) is 10.6. The summed E-state index contributed by atoms with van der Waals surface area (Å²) in [5.41, 5.74) is 5.49. The third-order valence-electron chi connectivity index (χ3n) is 3.68. The fraction of sp³-hybridized carbons (Fsp3) is 0.909. The maximum absolute atomic E-state index is 12.2. The average molecular weight is 291 g/mol. The van der Waals surface area contributed by atoms with E-state index in [1.165, 1.54) is 12.8 Å². The summed E-state index contributed by atoms with van der Waals surface area (Å²) in [6, 6.07) is 0.705. The summed E-state index contributed by atoms with van der Waals surface area (Å²) >= 11 is 4.83. The van der Waals surface area contributed by atoms with Crippen molar-refractivity contribution in [3.05, 3.63) is 0 Å². The quantitative estimate of drug-likeness (QED) is 0.684. The van der Waals surface area contributed by atoms with Crippen LogP contribution in [0.2, 0.25) is 0 Å².